The molecule has 1 aliphatic rings. The van der Waals surface area contributed by atoms with Crippen LogP contribution in [0.3, 0.4) is 0 Å². The van der Waals surface area contributed by atoms with E-state index in [9.17, 15) is 9.59 Å². The lowest BCUT2D eigenvalue weighted by Gasteiger charge is -2.21. The van der Waals surface area contributed by atoms with E-state index in [-0.39, 0.29) is 17.1 Å². The van der Waals surface area contributed by atoms with Crippen LogP contribution in [0.5, 0.6) is 0 Å². The Balaban J connectivity index is 1.58. The second-order valence-corrected chi connectivity index (χ2v) is 10.2. The highest BCUT2D eigenvalue weighted by Gasteiger charge is 2.24. The minimum atomic E-state index is -0.0651. The van der Waals surface area contributed by atoms with Gasteiger partial charge in [-0.2, -0.15) is 0 Å². The number of likely N-dealkylation sites (N-methyl/N-ethyl adjacent to an activating group) is 1. The van der Waals surface area contributed by atoms with Crippen LogP contribution in [-0.2, 0) is 13.0 Å². The Morgan fingerprint density at radius 2 is 1.91 bits per heavy atom. The normalized spacial score (nSPS) is 13.9. The highest BCUT2D eigenvalue weighted by Crippen LogP contribution is 2.34. The number of fused-ring (bicyclic) bond motifs is 3. The standard InChI is InChI=1S/C24H20ClN3O2S2/c1-27-12-11-18-20(13-27)32-22-21(18)23(30)28(17-5-3-2-4-6-17)24(26-22)31-14-19(29)15-7-9-16(25)10-8-15/h2-10H,11-14H2,1H3. The largest absolute Gasteiger partial charge is 0.301 e. The van der Waals surface area contributed by atoms with Gasteiger partial charge in [0.1, 0.15) is 4.83 Å². The smallest absolute Gasteiger partial charge is 0.267 e. The van der Waals surface area contributed by atoms with Gasteiger partial charge in [0.25, 0.3) is 5.56 Å². The van der Waals surface area contributed by atoms with Crippen molar-refractivity contribution in [1.82, 2.24) is 14.5 Å². The number of carbonyl (C=O) groups is 1. The average Bonchev–Trinajstić information content (AvgIpc) is 3.16. The maximum Gasteiger partial charge on any atom is 0.267 e. The topological polar surface area (TPSA) is 55.2 Å². The number of thiophene rings is 1. The van der Waals surface area contributed by atoms with Crippen molar-refractivity contribution in [3.05, 3.63) is 86.0 Å². The first-order valence-electron chi connectivity index (χ1n) is 10.2. The molecular weight excluding hydrogens is 462 g/mol. The SMILES string of the molecule is CN1CCc2c(sc3nc(SCC(=O)c4ccc(Cl)cc4)n(-c4ccccc4)c(=O)c23)C1. The van der Waals surface area contributed by atoms with Gasteiger partial charge in [-0.3, -0.25) is 14.2 Å². The van der Waals surface area contributed by atoms with Crippen LogP contribution in [-0.4, -0.2) is 39.6 Å². The van der Waals surface area contributed by atoms with Gasteiger partial charge in [-0.15, -0.1) is 11.3 Å². The Morgan fingerprint density at radius 3 is 2.66 bits per heavy atom. The number of rotatable bonds is 5. The molecule has 0 saturated heterocycles. The number of carbonyl (C=O) groups excluding carboxylic acids is 1. The molecule has 0 radical (unpaired) electrons. The third kappa shape index (κ3) is 4.01. The number of ketones is 1. The van der Waals surface area contributed by atoms with Crippen molar-refractivity contribution in [2.45, 2.75) is 18.1 Å². The zero-order valence-corrected chi connectivity index (χ0v) is 19.8. The van der Waals surface area contributed by atoms with Crippen LogP contribution < -0.4 is 5.56 Å². The number of halogens is 1. The molecule has 2 aromatic heterocycles. The van der Waals surface area contributed by atoms with Crippen LogP contribution in [0.15, 0.2) is 64.5 Å². The second-order valence-electron chi connectivity index (χ2n) is 7.76. The molecule has 0 spiro atoms. The lowest BCUT2D eigenvalue weighted by molar-refractivity contribution is 0.102. The summed E-state index contributed by atoms with van der Waals surface area (Å²) in [6.07, 6.45) is 0.846. The van der Waals surface area contributed by atoms with Crippen LogP contribution >= 0.6 is 34.7 Å². The summed E-state index contributed by atoms with van der Waals surface area (Å²) in [6.45, 7) is 1.76. The first-order chi connectivity index (χ1) is 15.5. The zero-order valence-electron chi connectivity index (χ0n) is 17.4. The molecule has 0 saturated carbocycles. The number of thioether (sulfide) groups is 1. The molecule has 1 aliphatic heterocycles. The fourth-order valence-corrected chi connectivity index (χ4v) is 6.28. The number of hydrogen-bond donors (Lipinski definition) is 0. The number of benzene rings is 2. The highest BCUT2D eigenvalue weighted by molar-refractivity contribution is 7.99. The average molecular weight is 482 g/mol. The highest BCUT2D eigenvalue weighted by atomic mass is 35.5. The van der Waals surface area contributed by atoms with Gasteiger partial charge in [-0.1, -0.05) is 41.6 Å². The summed E-state index contributed by atoms with van der Waals surface area (Å²) < 4.78 is 1.65. The molecule has 0 fully saturated rings. The van der Waals surface area contributed by atoms with E-state index in [1.807, 2.05) is 30.3 Å². The van der Waals surface area contributed by atoms with Gasteiger partial charge in [0, 0.05) is 28.6 Å². The molecule has 0 amide bonds. The van der Waals surface area contributed by atoms with E-state index in [0.29, 0.717) is 15.7 Å². The van der Waals surface area contributed by atoms with Crippen LogP contribution in [0, 0.1) is 0 Å². The Labute approximate surface area is 198 Å². The molecule has 2 aromatic carbocycles. The van der Waals surface area contributed by atoms with Gasteiger partial charge in [0.2, 0.25) is 0 Å². The molecule has 3 heterocycles. The van der Waals surface area contributed by atoms with Gasteiger partial charge in [-0.05, 0) is 55.4 Å². The molecule has 8 heteroatoms. The third-order valence-corrected chi connectivity index (χ3v) is 7.85. The second kappa shape index (κ2) is 8.83. The number of para-hydroxylation sites is 1. The lowest BCUT2D eigenvalue weighted by Crippen LogP contribution is -2.27. The van der Waals surface area contributed by atoms with Gasteiger partial charge >= 0.3 is 0 Å². The minimum Gasteiger partial charge on any atom is -0.301 e. The van der Waals surface area contributed by atoms with Gasteiger partial charge in [-0.25, -0.2) is 4.98 Å². The van der Waals surface area contributed by atoms with Gasteiger partial charge < -0.3 is 4.90 Å². The zero-order chi connectivity index (χ0) is 22.2. The molecule has 0 unspecified atom stereocenters. The van der Waals surface area contributed by atoms with Crippen molar-refractivity contribution in [3.8, 4) is 5.69 Å². The summed E-state index contributed by atoms with van der Waals surface area (Å²) in [5.74, 6) is 0.146. The van der Waals surface area contributed by atoms with Crippen LogP contribution in [0.2, 0.25) is 5.02 Å². The monoisotopic (exact) mass is 481 g/mol. The number of hydrogen-bond acceptors (Lipinski definition) is 6. The molecule has 0 aliphatic carbocycles. The summed E-state index contributed by atoms with van der Waals surface area (Å²) in [5.41, 5.74) is 2.40. The van der Waals surface area contributed by atoms with E-state index in [0.717, 1.165) is 41.0 Å². The molecular formula is C24H20ClN3O2S2. The predicted molar refractivity (Wildman–Crippen MR) is 132 cm³/mol. The van der Waals surface area contributed by atoms with Crippen LogP contribution in [0.25, 0.3) is 15.9 Å². The van der Waals surface area contributed by atoms with Crippen molar-refractivity contribution >= 4 is 50.7 Å². The van der Waals surface area contributed by atoms with Crippen molar-refractivity contribution in [2.75, 3.05) is 19.3 Å². The van der Waals surface area contributed by atoms with Crippen molar-refractivity contribution in [2.24, 2.45) is 0 Å². The maximum atomic E-state index is 13.7. The predicted octanol–water partition coefficient (Wildman–Crippen LogP) is 5.06. The minimum absolute atomic E-state index is 0.0345. The summed E-state index contributed by atoms with van der Waals surface area (Å²) in [6, 6.07) is 16.4. The van der Waals surface area contributed by atoms with E-state index in [1.165, 1.54) is 16.6 Å². The fourth-order valence-electron chi connectivity index (χ4n) is 3.90. The fraction of sp³-hybridized carbons (Fsp3) is 0.208. The molecule has 0 N–H and O–H groups in total. The third-order valence-electron chi connectivity index (χ3n) is 5.55. The van der Waals surface area contributed by atoms with Crippen molar-refractivity contribution in [3.63, 3.8) is 0 Å². The molecule has 162 valence electrons. The molecule has 4 aromatic rings. The molecule has 5 rings (SSSR count). The maximum absolute atomic E-state index is 13.7. The Kier molecular flexibility index (Phi) is 5.90. The summed E-state index contributed by atoms with van der Waals surface area (Å²) >= 11 is 8.82. The van der Waals surface area contributed by atoms with Gasteiger partial charge in [0.05, 0.1) is 16.8 Å². The van der Waals surface area contributed by atoms with Crippen LogP contribution in [0.4, 0.5) is 0 Å². The Bertz CT molecular complexity index is 1360. The first kappa shape index (κ1) is 21.4. The summed E-state index contributed by atoms with van der Waals surface area (Å²) in [5, 5.41) is 1.84. The Morgan fingerprint density at radius 1 is 1.16 bits per heavy atom. The van der Waals surface area contributed by atoms with Crippen LogP contribution in [0.1, 0.15) is 20.8 Å². The van der Waals surface area contributed by atoms with Crippen molar-refractivity contribution < 1.29 is 4.79 Å². The Hall–Kier alpha value is -2.45. The molecule has 0 bridgehead atoms. The summed E-state index contributed by atoms with van der Waals surface area (Å²) in [7, 11) is 2.09. The van der Waals surface area contributed by atoms with E-state index in [2.05, 4.69) is 11.9 Å². The van der Waals surface area contributed by atoms with E-state index in [4.69, 9.17) is 16.6 Å². The van der Waals surface area contributed by atoms with Crippen molar-refractivity contribution in [1.29, 1.82) is 0 Å². The van der Waals surface area contributed by atoms with E-state index >= 15 is 0 Å². The molecule has 5 nitrogen and oxygen atoms in total. The van der Waals surface area contributed by atoms with Gasteiger partial charge in [0.15, 0.2) is 10.9 Å². The molecule has 32 heavy (non-hydrogen) atoms. The quantitative estimate of drug-likeness (QED) is 0.226. The van der Waals surface area contributed by atoms with E-state index < -0.39 is 0 Å². The number of nitrogens with zero attached hydrogens (tertiary/aromatic N) is 3. The number of aromatic nitrogens is 2. The first-order valence-corrected chi connectivity index (χ1v) is 12.4. The summed E-state index contributed by atoms with van der Waals surface area (Å²) in [4.78, 5) is 35.6. The number of Topliss-reactive ketones (excluding diaryl/α,β-unsaturated/α-hetero) is 1. The van der Waals surface area contributed by atoms with E-state index in [1.54, 1.807) is 40.2 Å². The molecule has 0 atom stereocenters. The lowest BCUT2D eigenvalue weighted by atomic mass is 10.1.